The molecule has 392 valence electrons. The van der Waals surface area contributed by atoms with Gasteiger partial charge in [-0.3, -0.25) is 19.2 Å². The number of aromatic nitrogens is 4. The third-order valence-corrected chi connectivity index (χ3v) is 17.7. The van der Waals surface area contributed by atoms with Gasteiger partial charge in [0.15, 0.2) is 6.61 Å². The van der Waals surface area contributed by atoms with E-state index in [1.165, 1.54) is 22.7 Å². The molecule has 12 rings (SSSR count). The maximum atomic E-state index is 13.2. The number of aromatic carboxylic acids is 1. The van der Waals surface area contributed by atoms with E-state index in [-0.39, 0.29) is 78.1 Å². The number of aromatic amines is 2. The van der Waals surface area contributed by atoms with Gasteiger partial charge in [0.2, 0.25) is 11.6 Å². The van der Waals surface area contributed by atoms with Crippen molar-refractivity contribution < 1.29 is 43.3 Å². The van der Waals surface area contributed by atoms with Crippen molar-refractivity contribution in [3.05, 3.63) is 149 Å². The number of thiophene rings is 2. The number of H-pyrrole nitrogens is 2. The summed E-state index contributed by atoms with van der Waals surface area (Å²) in [5.41, 5.74) is 4.75. The number of carbonyl (C=O) groups excluding carboxylic acids is 4. The van der Waals surface area contributed by atoms with Crippen LogP contribution in [0.4, 0.5) is 15.3 Å². The van der Waals surface area contributed by atoms with E-state index in [2.05, 4.69) is 30.6 Å². The van der Waals surface area contributed by atoms with E-state index in [0.29, 0.717) is 58.0 Å². The van der Waals surface area contributed by atoms with Crippen LogP contribution in [0.2, 0.25) is 0 Å². The molecule has 4 aromatic heterocycles. The lowest BCUT2D eigenvalue weighted by Gasteiger charge is -2.43. The SMILES string of the molecule is O=C(O)c1nc2sc3c(c2c(=O)[nH]1)CCC1(CCN(C(=O)OCc2ccccc2)CC1)C3.O=C1COc2ccc(CNC(=O)c3nc4sc5c(c4c(=O)[nH]3)CCC3(CCN(C(=O)OCc4ccccc4)CC3)C5)cc2N1. The Morgan fingerprint density at radius 2 is 1.16 bits per heavy atom. The molecule has 7 heterocycles. The van der Waals surface area contributed by atoms with Crippen molar-refractivity contribution in [2.75, 3.05) is 38.1 Å². The number of ether oxygens (including phenoxy) is 3. The van der Waals surface area contributed by atoms with Gasteiger partial charge in [0, 0.05) is 42.5 Å². The molecule has 5 aliphatic rings. The van der Waals surface area contributed by atoms with Gasteiger partial charge in [-0.25, -0.2) is 24.4 Å². The van der Waals surface area contributed by atoms with E-state index >= 15 is 0 Å². The van der Waals surface area contributed by atoms with Crippen LogP contribution in [-0.4, -0.2) is 97.6 Å². The Balaban J connectivity index is 0.000000171. The largest absolute Gasteiger partial charge is 0.482 e. The Morgan fingerprint density at radius 3 is 1.67 bits per heavy atom. The van der Waals surface area contributed by atoms with E-state index in [4.69, 9.17) is 14.2 Å². The normalized spacial score (nSPS) is 17.1. The van der Waals surface area contributed by atoms with Crippen molar-refractivity contribution >= 4 is 78.8 Å². The van der Waals surface area contributed by atoms with Crippen LogP contribution in [0.25, 0.3) is 20.4 Å². The summed E-state index contributed by atoms with van der Waals surface area (Å²) in [5, 5.41) is 15.8. The molecule has 5 N–H and O–H groups in total. The molecule has 76 heavy (non-hydrogen) atoms. The van der Waals surface area contributed by atoms with Crippen molar-refractivity contribution in [1.29, 1.82) is 0 Å². The zero-order valence-corrected chi connectivity index (χ0v) is 43.0. The lowest BCUT2D eigenvalue weighted by atomic mass is 9.68. The number of nitrogens with one attached hydrogen (secondary N) is 4. The number of nitrogens with zero attached hydrogens (tertiary/aromatic N) is 4. The van der Waals surface area contributed by atoms with Crippen LogP contribution in [0, 0.1) is 10.8 Å². The van der Waals surface area contributed by atoms with Gasteiger partial charge < -0.3 is 49.7 Å². The van der Waals surface area contributed by atoms with Crippen molar-refractivity contribution in [3.8, 4) is 5.75 Å². The second kappa shape index (κ2) is 21.0. The molecule has 7 aromatic rings. The summed E-state index contributed by atoms with van der Waals surface area (Å²) >= 11 is 2.91. The number of hydrogen-bond donors (Lipinski definition) is 5. The fourth-order valence-corrected chi connectivity index (χ4v) is 14.0. The number of likely N-dealkylation sites (tertiary alicyclic amines) is 2. The number of anilines is 1. The summed E-state index contributed by atoms with van der Waals surface area (Å²) in [7, 11) is 0. The molecule has 0 unspecified atom stereocenters. The van der Waals surface area contributed by atoms with Gasteiger partial charge in [-0.2, -0.15) is 0 Å². The molecule has 21 heteroatoms. The number of rotatable bonds is 8. The molecule has 0 atom stereocenters. The summed E-state index contributed by atoms with van der Waals surface area (Å²) in [6.45, 7) is 3.27. The molecule has 0 bridgehead atoms. The zero-order valence-electron chi connectivity index (χ0n) is 41.4. The van der Waals surface area contributed by atoms with E-state index in [0.717, 1.165) is 102 Å². The number of carbonyl (C=O) groups is 5. The van der Waals surface area contributed by atoms with Crippen LogP contribution < -0.4 is 26.5 Å². The van der Waals surface area contributed by atoms with E-state index in [1.54, 1.807) is 28.0 Å². The number of piperidine rings is 2. The lowest BCUT2D eigenvalue weighted by molar-refractivity contribution is -0.118. The second-order valence-electron chi connectivity index (χ2n) is 20.3. The number of benzene rings is 3. The molecule has 4 amide bonds. The molecular formula is C55H54N8O11S2. The summed E-state index contributed by atoms with van der Waals surface area (Å²) in [4.78, 5) is 107. The number of aryl methyl sites for hydroxylation is 2. The predicted molar refractivity (Wildman–Crippen MR) is 283 cm³/mol. The van der Waals surface area contributed by atoms with Crippen LogP contribution in [0.1, 0.15) is 97.3 Å². The van der Waals surface area contributed by atoms with Crippen LogP contribution in [-0.2, 0) is 59.7 Å². The van der Waals surface area contributed by atoms with Crippen molar-refractivity contribution in [2.45, 2.75) is 84.0 Å². The number of hydrogen-bond acceptors (Lipinski definition) is 14. The highest BCUT2D eigenvalue weighted by atomic mass is 32.1. The lowest BCUT2D eigenvalue weighted by Crippen LogP contribution is -2.45. The van der Waals surface area contributed by atoms with E-state index < -0.39 is 11.9 Å². The maximum absolute atomic E-state index is 13.2. The number of fused-ring (bicyclic) bond motifs is 7. The van der Waals surface area contributed by atoms with Crippen LogP contribution in [0.3, 0.4) is 0 Å². The summed E-state index contributed by atoms with van der Waals surface area (Å²) in [6.07, 6.45) is 8.02. The van der Waals surface area contributed by atoms with E-state index in [9.17, 15) is 38.7 Å². The van der Waals surface area contributed by atoms with Gasteiger partial charge in [-0.05, 0) is 115 Å². The number of carboxylic acid groups (broad SMARTS) is 1. The Kier molecular flexibility index (Phi) is 13.9. The quantitative estimate of drug-likeness (QED) is 0.0977. The first kappa shape index (κ1) is 50.3. The third-order valence-electron chi connectivity index (χ3n) is 15.5. The number of carboxylic acids is 1. The molecule has 2 aliphatic carbocycles. The van der Waals surface area contributed by atoms with Gasteiger partial charge >= 0.3 is 18.2 Å². The summed E-state index contributed by atoms with van der Waals surface area (Å²) < 4.78 is 16.4. The topological polar surface area (TPSA) is 255 Å². The minimum atomic E-state index is -1.24. The fraction of sp³-hybridized carbons (Fsp3) is 0.364. The first-order chi connectivity index (χ1) is 36.8. The van der Waals surface area contributed by atoms with E-state index in [1.807, 2.05) is 60.7 Å². The highest BCUT2D eigenvalue weighted by Gasteiger charge is 2.42. The van der Waals surface area contributed by atoms with Crippen LogP contribution >= 0.6 is 22.7 Å². The number of amides is 4. The second-order valence-corrected chi connectivity index (χ2v) is 22.4. The molecule has 2 spiro atoms. The average Bonchev–Trinajstić information content (AvgIpc) is 3.99. The highest BCUT2D eigenvalue weighted by Crippen LogP contribution is 2.49. The van der Waals surface area contributed by atoms with Crippen molar-refractivity contribution in [1.82, 2.24) is 35.1 Å². The molecule has 0 radical (unpaired) electrons. The van der Waals surface area contributed by atoms with Crippen LogP contribution in [0.15, 0.2) is 88.5 Å². The molecule has 2 fully saturated rings. The molecule has 3 aromatic carbocycles. The summed E-state index contributed by atoms with van der Waals surface area (Å²) in [5.74, 6) is -1.74. The Labute approximate surface area is 442 Å². The summed E-state index contributed by atoms with van der Waals surface area (Å²) in [6, 6.07) is 24.6. The first-order valence-corrected chi connectivity index (χ1v) is 27.0. The van der Waals surface area contributed by atoms with Gasteiger partial charge in [0.05, 0.1) is 16.5 Å². The van der Waals surface area contributed by atoms with Gasteiger partial charge in [0.1, 0.15) is 28.6 Å². The monoisotopic (exact) mass is 1070 g/mol. The Bertz CT molecular complexity index is 3520. The van der Waals surface area contributed by atoms with Crippen molar-refractivity contribution in [3.63, 3.8) is 0 Å². The minimum absolute atomic E-state index is 0.0255. The smallest absolute Gasteiger partial charge is 0.410 e. The Morgan fingerprint density at radius 1 is 0.658 bits per heavy atom. The maximum Gasteiger partial charge on any atom is 0.410 e. The van der Waals surface area contributed by atoms with Gasteiger partial charge in [-0.1, -0.05) is 66.7 Å². The average molecular weight is 1070 g/mol. The first-order valence-electron chi connectivity index (χ1n) is 25.4. The van der Waals surface area contributed by atoms with Crippen LogP contribution in [0.5, 0.6) is 5.75 Å². The molecule has 3 aliphatic heterocycles. The van der Waals surface area contributed by atoms with Crippen molar-refractivity contribution in [2.24, 2.45) is 10.8 Å². The molecular weight excluding hydrogens is 1010 g/mol. The Hall–Kier alpha value is -7.91. The van der Waals surface area contributed by atoms with Gasteiger partial charge in [-0.15, -0.1) is 22.7 Å². The zero-order chi connectivity index (χ0) is 52.6. The highest BCUT2D eigenvalue weighted by molar-refractivity contribution is 7.19. The predicted octanol–water partition coefficient (Wildman–Crippen LogP) is 7.74. The fourth-order valence-electron chi connectivity index (χ4n) is 11.2. The molecule has 2 saturated heterocycles. The third kappa shape index (κ3) is 10.5. The molecule has 19 nitrogen and oxygen atoms in total. The standard InChI is InChI=1S/C32H31N5O6S.C23H23N3O5S/c38-25-18-42-23-7-6-20(14-22(23)34-25)16-33-29(40)27-35-28(39)26-21-8-9-32(15-24(21)44-30(26)36-27)10-12-37(13-11-32)31(41)43-17-19-4-2-1-3-5-19;27-19-17-15-6-7-23(12-16(15)32-20(17)25-18(24-19)21(28)29)8-10-26(11-9-23)22(30)31-13-14-4-2-1-3-5-14/h1-7,14H,8-13,15-18H2,(H,33,40)(H,34,38)(H,35,36,39);1-5H,6-13H2,(H,28,29)(H,24,25,27). The van der Waals surface area contributed by atoms with Gasteiger partial charge in [0.25, 0.3) is 22.9 Å². The molecule has 0 saturated carbocycles. The minimum Gasteiger partial charge on any atom is -0.482 e.